The van der Waals surface area contributed by atoms with Crippen LogP contribution in [0.5, 0.6) is 0 Å². The highest BCUT2D eigenvalue weighted by atomic mass is 32.2. The third-order valence-electron chi connectivity index (χ3n) is 2.04. The Labute approximate surface area is 101 Å². The molecular formula is C12H17NO2S. The van der Waals surface area contributed by atoms with Crippen LogP contribution in [0.25, 0.3) is 0 Å². The summed E-state index contributed by atoms with van der Waals surface area (Å²) in [7, 11) is 1.41. The average Bonchev–Trinajstić information content (AvgIpc) is 2.31. The molecule has 1 rings (SSSR count). The Morgan fingerprint density at radius 1 is 1.38 bits per heavy atom. The number of ether oxygens (including phenoxy) is 1. The second-order valence-corrected chi connectivity index (χ2v) is 4.40. The van der Waals surface area contributed by atoms with Crippen molar-refractivity contribution in [1.29, 1.82) is 0 Å². The van der Waals surface area contributed by atoms with Crippen LogP contribution in [0.4, 0.5) is 5.69 Å². The Kier molecular flexibility index (Phi) is 5.78. The number of hydrogen-bond donors (Lipinski definition) is 1. The summed E-state index contributed by atoms with van der Waals surface area (Å²) in [5, 5.41) is 3.23. The maximum Gasteiger partial charge on any atom is 0.306 e. The Bertz CT molecular complexity index is 324. The highest BCUT2D eigenvalue weighted by molar-refractivity contribution is 7.99. The van der Waals surface area contributed by atoms with Crippen molar-refractivity contribution in [3.8, 4) is 0 Å². The van der Waals surface area contributed by atoms with Gasteiger partial charge in [0.2, 0.25) is 0 Å². The fourth-order valence-corrected chi connectivity index (χ4v) is 2.06. The van der Waals surface area contributed by atoms with Crippen LogP contribution in [0.15, 0.2) is 29.2 Å². The second kappa shape index (κ2) is 7.17. The van der Waals surface area contributed by atoms with E-state index in [1.807, 2.05) is 12.1 Å². The normalized spacial score (nSPS) is 9.88. The van der Waals surface area contributed by atoms with Crippen molar-refractivity contribution in [3.63, 3.8) is 0 Å². The third-order valence-corrected chi connectivity index (χ3v) is 3.05. The van der Waals surface area contributed by atoms with Crippen LogP contribution in [-0.2, 0) is 9.53 Å². The van der Waals surface area contributed by atoms with Crippen molar-refractivity contribution < 1.29 is 9.53 Å². The van der Waals surface area contributed by atoms with Gasteiger partial charge in [0.15, 0.2) is 0 Å². The number of methoxy groups -OCH3 is 1. The molecule has 0 atom stereocenters. The molecule has 1 aromatic rings. The number of nitrogens with one attached hydrogen (secondary N) is 1. The van der Waals surface area contributed by atoms with Gasteiger partial charge in [-0.2, -0.15) is 0 Å². The first-order chi connectivity index (χ1) is 7.76. The Balaban J connectivity index is 2.34. The van der Waals surface area contributed by atoms with Crippen LogP contribution >= 0.6 is 11.8 Å². The molecule has 0 amide bonds. The first-order valence-corrected chi connectivity index (χ1v) is 6.28. The summed E-state index contributed by atoms with van der Waals surface area (Å²) < 4.78 is 4.58. The summed E-state index contributed by atoms with van der Waals surface area (Å²) in [6.07, 6.45) is 0.454. The molecule has 1 aromatic carbocycles. The second-order valence-electron chi connectivity index (χ2n) is 3.23. The molecule has 0 aliphatic carbocycles. The Hall–Kier alpha value is -1.16. The van der Waals surface area contributed by atoms with E-state index in [1.54, 1.807) is 11.8 Å². The fraction of sp³-hybridized carbons (Fsp3) is 0.417. The zero-order chi connectivity index (χ0) is 11.8. The van der Waals surface area contributed by atoms with Crippen molar-refractivity contribution in [2.75, 3.05) is 24.7 Å². The van der Waals surface area contributed by atoms with E-state index in [9.17, 15) is 4.79 Å². The molecule has 16 heavy (non-hydrogen) atoms. The summed E-state index contributed by atoms with van der Waals surface area (Å²) in [4.78, 5) is 12.1. The van der Waals surface area contributed by atoms with Gasteiger partial charge in [-0.05, 0) is 31.2 Å². The lowest BCUT2D eigenvalue weighted by Crippen LogP contribution is -2.00. The van der Waals surface area contributed by atoms with Crippen molar-refractivity contribution >= 4 is 23.4 Å². The van der Waals surface area contributed by atoms with Gasteiger partial charge in [0.05, 0.1) is 13.5 Å². The van der Waals surface area contributed by atoms with Crippen LogP contribution in [-0.4, -0.2) is 25.4 Å². The molecule has 0 fully saturated rings. The van der Waals surface area contributed by atoms with Crippen molar-refractivity contribution in [2.24, 2.45) is 0 Å². The molecule has 3 nitrogen and oxygen atoms in total. The lowest BCUT2D eigenvalue weighted by Gasteiger charge is -2.04. The smallest absolute Gasteiger partial charge is 0.306 e. The Morgan fingerprint density at radius 3 is 2.62 bits per heavy atom. The van der Waals surface area contributed by atoms with E-state index in [1.165, 1.54) is 12.0 Å². The topological polar surface area (TPSA) is 38.3 Å². The number of anilines is 1. The van der Waals surface area contributed by atoms with E-state index < -0.39 is 0 Å². The minimum atomic E-state index is -0.156. The van der Waals surface area contributed by atoms with Gasteiger partial charge in [0.1, 0.15) is 0 Å². The van der Waals surface area contributed by atoms with Gasteiger partial charge in [-0.1, -0.05) is 0 Å². The lowest BCUT2D eigenvalue weighted by atomic mass is 10.3. The predicted molar refractivity (Wildman–Crippen MR) is 68.0 cm³/mol. The van der Waals surface area contributed by atoms with Gasteiger partial charge in [0, 0.05) is 22.9 Å². The molecule has 88 valence electrons. The van der Waals surface area contributed by atoms with E-state index in [4.69, 9.17) is 0 Å². The summed E-state index contributed by atoms with van der Waals surface area (Å²) in [5.41, 5.74) is 1.12. The number of hydrogen-bond acceptors (Lipinski definition) is 4. The monoisotopic (exact) mass is 239 g/mol. The minimum absolute atomic E-state index is 0.156. The highest BCUT2D eigenvalue weighted by Crippen LogP contribution is 2.20. The van der Waals surface area contributed by atoms with Crippen LogP contribution in [0.3, 0.4) is 0 Å². The van der Waals surface area contributed by atoms with E-state index in [-0.39, 0.29) is 5.97 Å². The standard InChI is InChI=1S/C12H17NO2S/c1-3-13-10-4-6-11(7-5-10)16-9-8-12(14)15-2/h4-7,13H,3,8-9H2,1-2H3. The molecule has 0 unspecified atom stereocenters. The quantitative estimate of drug-likeness (QED) is 0.612. The third kappa shape index (κ3) is 4.57. The molecule has 4 heteroatoms. The summed E-state index contributed by atoms with van der Waals surface area (Å²) >= 11 is 1.66. The molecule has 0 heterocycles. The van der Waals surface area contributed by atoms with Gasteiger partial charge in [0.25, 0.3) is 0 Å². The van der Waals surface area contributed by atoms with Crippen LogP contribution in [0, 0.1) is 0 Å². The van der Waals surface area contributed by atoms with Gasteiger partial charge >= 0.3 is 5.97 Å². The minimum Gasteiger partial charge on any atom is -0.469 e. The van der Waals surface area contributed by atoms with Crippen molar-refractivity contribution in [1.82, 2.24) is 0 Å². The fourth-order valence-electron chi connectivity index (χ4n) is 1.23. The van der Waals surface area contributed by atoms with Crippen LogP contribution in [0.1, 0.15) is 13.3 Å². The molecule has 0 aliphatic rings. The zero-order valence-electron chi connectivity index (χ0n) is 9.66. The molecule has 0 saturated carbocycles. The Morgan fingerprint density at radius 2 is 2.06 bits per heavy atom. The summed E-state index contributed by atoms with van der Waals surface area (Å²) in [6.45, 7) is 2.99. The average molecular weight is 239 g/mol. The number of thioether (sulfide) groups is 1. The number of carbonyl (C=O) groups excluding carboxylic acids is 1. The van der Waals surface area contributed by atoms with E-state index in [0.29, 0.717) is 6.42 Å². The molecular weight excluding hydrogens is 222 g/mol. The number of rotatable bonds is 6. The molecule has 0 saturated heterocycles. The maximum absolute atomic E-state index is 10.9. The number of benzene rings is 1. The van der Waals surface area contributed by atoms with Crippen LogP contribution in [0.2, 0.25) is 0 Å². The van der Waals surface area contributed by atoms with Gasteiger partial charge in [-0.3, -0.25) is 4.79 Å². The zero-order valence-corrected chi connectivity index (χ0v) is 10.5. The molecule has 0 spiro atoms. The molecule has 0 radical (unpaired) electrons. The van der Waals surface area contributed by atoms with Gasteiger partial charge < -0.3 is 10.1 Å². The largest absolute Gasteiger partial charge is 0.469 e. The first kappa shape index (κ1) is 12.9. The lowest BCUT2D eigenvalue weighted by molar-refractivity contribution is -0.140. The first-order valence-electron chi connectivity index (χ1n) is 5.29. The van der Waals surface area contributed by atoms with E-state index in [2.05, 4.69) is 29.1 Å². The number of esters is 1. The SMILES string of the molecule is CCNc1ccc(SCCC(=O)OC)cc1. The van der Waals surface area contributed by atoms with E-state index in [0.717, 1.165) is 18.0 Å². The van der Waals surface area contributed by atoms with Gasteiger partial charge in [-0.15, -0.1) is 11.8 Å². The van der Waals surface area contributed by atoms with Crippen LogP contribution < -0.4 is 5.32 Å². The predicted octanol–water partition coefficient (Wildman–Crippen LogP) is 2.77. The molecule has 0 aliphatic heterocycles. The van der Waals surface area contributed by atoms with Crippen molar-refractivity contribution in [2.45, 2.75) is 18.2 Å². The molecule has 0 aromatic heterocycles. The van der Waals surface area contributed by atoms with E-state index >= 15 is 0 Å². The summed E-state index contributed by atoms with van der Waals surface area (Å²) in [6, 6.07) is 8.20. The molecule has 1 N–H and O–H groups in total. The van der Waals surface area contributed by atoms with Crippen molar-refractivity contribution in [3.05, 3.63) is 24.3 Å². The maximum atomic E-state index is 10.9. The number of carbonyl (C=O) groups is 1. The van der Waals surface area contributed by atoms with Gasteiger partial charge in [-0.25, -0.2) is 0 Å². The highest BCUT2D eigenvalue weighted by Gasteiger charge is 2.00. The summed E-state index contributed by atoms with van der Waals surface area (Å²) in [5.74, 6) is 0.601. The molecule has 0 bridgehead atoms.